The lowest BCUT2D eigenvalue weighted by Gasteiger charge is -2.16. The Morgan fingerprint density at radius 2 is 2.29 bits per heavy atom. The van der Waals surface area contributed by atoms with E-state index in [-0.39, 0.29) is 17.7 Å². The smallest absolute Gasteiger partial charge is 0.134 e. The first-order valence-electron chi connectivity index (χ1n) is 5.81. The van der Waals surface area contributed by atoms with Gasteiger partial charge < -0.3 is 10.4 Å². The number of aromatic hydroxyl groups is 1. The molecule has 0 aromatic heterocycles. The van der Waals surface area contributed by atoms with Gasteiger partial charge in [-0.05, 0) is 34.8 Å². The van der Waals surface area contributed by atoms with E-state index in [4.69, 9.17) is 5.26 Å². The van der Waals surface area contributed by atoms with E-state index >= 15 is 0 Å². The highest BCUT2D eigenvalue weighted by molar-refractivity contribution is 9.10. The van der Waals surface area contributed by atoms with E-state index in [0.717, 1.165) is 24.8 Å². The van der Waals surface area contributed by atoms with Crippen molar-refractivity contribution < 1.29 is 5.11 Å². The Morgan fingerprint density at radius 1 is 1.47 bits per heavy atom. The van der Waals surface area contributed by atoms with E-state index in [9.17, 15) is 5.11 Å². The molecule has 2 N–H and O–H groups in total. The Kier molecular flexibility index (Phi) is 4.03. The summed E-state index contributed by atoms with van der Waals surface area (Å²) >= 11 is 3.29. The number of nitrogens with one attached hydrogen (secondary N) is 1. The molecule has 2 rings (SSSR count). The molecule has 0 bridgehead atoms. The highest BCUT2D eigenvalue weighted by atomic mass is 79.9. The van der Waals surface area contributed by atoms with E-state index in [1.807, 2.05) is 18.2 Å². The normalized spacial score (nSPS) is 23.5. The van der Waals surface area contributed by atoms with Gasteiger partial charge in [0.2, 0.25) is 0 Å². The quantitative estimate of drug-likeness (QED) is 0.901. The Hall–Kier alpha value is -1.05. The van der Waals surface area contributed by atoms with Gasteiger partial charge in [-0.2, -0.15) is 5.26 Å². The van der Waals surface area contributed by atoms with Gasteiger partial charge in [0.05, 0.1) is 16.5 Å². The second-order valence-corrected chi connectivity index (χ2v) is 5.26. The zero-order valence-corrected chi connectivity index (χ0v) is 11.1. The summed E-state index contributed by atoms with van der Waals surface area (Å²) in [5.74, 6) is 0.399. The molecule has 90 valence electrons. The van der Waals surface area contributed by atoms with Gasteiger partial charge in [0.25, 0.3) is 0 Å². The summed E-state index contributed by atoms with van der Waals surface area (Å²) in [5, 5.41) is 22.2. The summed E-state index contributed by atoms with van der Waals surface area (Å²) in [7, 11) is 0. The minimum absolute atomic E-state index is 0.115. The number of para-hydroxylation sites is 1. The SMILES string of the molecule is N#CC1CCCC1NCc1cccc(Br)c1O. The van der Waals surface area contributed by atoms with Gasteiger partial charge in [0, 0.05) is 18.2 Å². The third-order valence-corrected chi connectivity index (χ3v) is 3.95. The maximum absolute atomic E-state index is 9.84. The van der Waals surface area contributed by atoms with Gasteiger partial charge in [-0.1, -0.05) is 18.6 Å². The lowest BCUT2D eigenvalue weighted by Crippen LogP contribution is -2.31. The summed E-state index contributed by atoms with van der Waals surface area (Å²) in [5.41, 5.74) is 0.864. The molecule has 0 heterocycles. The maximum Gasteiger partial charge on any atom is 0.134 e. The number of phenolic OH excluding ortho intramolecular Hbond substituents is 1. The minimum atomic E-state index is 0.115. The third-order valence-electron chi connectivity index (χ3n) is 3.31. The molecule has 1 fully saturated rings. The predicted octanol–water partition coefficient (Wildman–Crippen LogP) is 2.94. The van der Waals surface area contributed by atoms with Gasteiger partial charge in [0.1, 0.15) is 5.75 Å². The Balaban J connectivity index is 1.98. The first-order valence-corrected chi connectivity index (χ1v) is 6.61. The van der Waals surface area contributed by atoms with E-state index in [1.54, 1.807) is 0 Å². The molecule has 3 nitrogen and oxygen atoms in total. The molecule has 0 aliphatic heterocycles. The van der Waals surface area contributed by atoms with Crippen LogP contribution in [-0.4, -0.2) is 11.1 Å². The van der Waals surface area contributed by atoms with Crippen molar-refractivity contribution in [2.24, 2.45) is 5.92 Å². The van der Waals surface area contributed by atoms with Crippen LogP contribution in [-0.2, 0) is 6.54 Å². The van der Waals surface area contributed by atoms with Crippen LogP contribution in [0.5, 0.6) is 5.75 Å². The first kappa shape index (κ1) is 12.4. The lowest BCUT2D eigenvalue weighted by atomic mass is 10.1. The van der Waals surface area contributed by atoms with Crippen LogP contribution >= 0.6 is 15.9 Å². The summed E-state index contributed by atoms with van der Waals surface area (Å²) in [6.45, 7) is 0.605. The summed E-state index contributed by atoms with van der Waals surface area (Å²) < 4.78 is 0.708. The van der Waals surface area contributed by atoms with Crippen molar-refractivity contribution in [3.05, 3.63) is 28.2 Å². The van der Waals surface area contributed by atoms with Crippen LogP contribution < -0.4 is 5.32 Å². The lowest BCUT2D eigenvalue weighted by molar-refractivity contribution is 0.438. The molecule has 1 aromatic carbocycles. The van der Waals surface area contributed by atoms with Crippen LogP contribution in [0.1, 0.15) is 24.8 Å². The van der Waals surface area contributed by atoms with Crippen molar-refractivity contribution in [1.82, 2.24) is 5.32 Å². The van der Waals surface area contributed by atoms with Crippen LogP contribution in [0.15, 0.2) is 22.7 Å². The molecule has 0 saturated heterocycles. The number of benzene rings is 1. The number of nitrogens with zero attached hydrogens (tertiary/aromatic N) is 1. The van der Waals surface area contributed by atoms with Crippen molar-refractivity contribution >= 4 is 15.9 Å². The standard InChI is InChI=1S/C13H15BrN2O/c14-11-5-1-4-10(13(11)17)8-16-12-6-2-3-9(12)7-15/h1,4-5,9,12,16-17H,2-3,6,8H2. The van der Waals surface area contributed by atoms with Gasteiger partial charge in [-0.3, -0.25) is 0 Å². The molecule has 17 heavy (non-hydrogen) atoms. The monoisotopic (exact) mass is 294 g/mol. The highest BCUT2D eigenvalue weighted by Crippen LogP contribution is 2.29. The average Bonchev–Trinajstić information content (AvgIpc) is 2.78. The molecular weight excluding hydrogens is 280 g/mol. The molecule has 1 aromatic rings. The van der Waals surface area contributed by atoms with Crippen LogP contribution in [0.4, 0.5) is 0 Å². The molecule has 0 amide bonds. The van der Waals surface area contributed by atoms with E-state index in [1.165, 1.54) is 0 Å². The fourth-order valence-corrected chi connectivity index (χ4v) is 2.71. The number of hydrogen-bond donors (Lipinski definition) is 2. The average molecular weight is 295 g/mol. The van der Waals surface area contributed by atoms with E-state index in [0.29, 0.717) is 11.0 Å². The van der Waals surface area contributed by atoms with Crippen LogP contribution in [0.25, 0.3) is 0 Å². The largest absolute Gasteiger partial charge is 0.506 e. The van der Waals surface area contributed by atoms with E-state index < -0.39 is 0 Å². The highest BCUT2D eigenvalue weighted by Gasteiger charge is 2.26. The van der Waals surface area contributed by atoms with Crippen LogP contribution in [0.2, 0.25) is 0 Å². The second-order valence-electron chi connectivity index (χ2n) is 4.40. The molecular formula is C13H15BrN2O. The minimum Gasteiger partial charge on any atom is -0.506 e. The fourth-order valence-electron chi connectivity index (χ4n) is 2.30. The summed E-state index contributed by atoms with van der Waals surface area (Å²) in [4.78, 5) is 0. The summed E-state index contributed by atoms with van der Waals surface area (Å²) in [6, 6.07) is 8.21. The summed E-state index contributed by atoms with van der Waals surface area (Å²) in [6.07, 6.45) is 3.14. The zero-order chi connectivity index (χ0) is 12.3. The predicted molar refractivity (Wildman–Crippen MR) is 69.4 cm³/mol. The molecule has 0 spiro atoms. The number of nitriles is 1. The zero-order valence-electron chi connectivity index (χ0n) is 9.49. The fraction of sp³-hybridized carbons (Fsp3) is 0.462. The van der Waals surface area contributed by atoms with Gasteiger partial charge in [0.15, 0.2) is 0 Å². The van der Waals surface area contributed by atoms with Gasteiger partial charge in [-0.15, -0.1) is 0 Å². The van der Waals surface area contributed by atoms with Crippen molar-refractivity contribution in [3.63, 3.8) is 0 Å². The number of hydrogen-bond acceptors (Lipinski definition) is 3. The number of halogens is 1. The Labute approximate surface area is 110 Å². The Morgan fingerprint density at radius 3 is 3.06 bits per heavy atom. The Bertz CT molecular complexity index is 442. The first-order chi connectivity index (χ1) is 8.22. The third kappa shape index (κ3) is 2.80. The van der Waals surface area contributed by atoms with Gasteiger partial charge in [-0.25, -0.2) is 0 Å². The number of phenols is 1. The molecule has 1 aliphatic carbocycles. The topological polar surface area (TPSA) is 56.0 Å². The molecule has 4 heteroatoms. The van der Waals surface area contributed by atoms with Crippen molar-refractivity contribution in [2.75, 3.05) is 0 Å². The molecule has 1 saturated carbocycles. The second kappa shape index (κ2) is 5.52. The van der Waals surface area contributed by atoms with Crippen molar-refractivity contribution in [1.29, 1.82) is 5.26 Å². The molecule has 1 aliphatic rings. The number of rotatable bonds is 3. The molecule has 2 atom stereocenters. The molecule has 0 radical (unpaired) electrons. The van der Waals surface area contributed by atoms with Crippen molar-refractivity contribution in [3.8, 4) is 11.8 Å². The van der Waals surface area contributed by atoms with Crippen molar-refractivity contribution in [2.45, 2.75) is 31.8 Å². The van der Waals surface area contributed by atoms with Crippen LogP contribution in [0.3, 0.4) is 0 Å². The van der Waals surface area contributed by atoms with Gasteiger partial charge >= 0.3 is 0 Å². The molecule has 2 unspecified atom stereocenters. The van der Waals surface area contributed by atoms with Crippen LogP contribution in [0, 0.1) is 17.2 Å². The van der Waals surface area contributed by atoms with E-state index in [2.05, 4.69) is 27.3 Å². The maximum atomic E-state index is 9.84.